The number of anilines is 1. The van der Waals surface area contributed by atoms with Crippen molar-refractivity contribution >= 4 is 51.7 Å². The number of benzene rings is 2. The number of hydrogen-bond acceptors (Lipinski definition) is 5. The first-order valence-electron chi connectivity index (χ1n) is 8.30. The summed E-state index contributed by atoms with van der Waals surface area (Å²) in [5.74, 6) is -0.187. The van der Waals surface area contributed by atoms with Gasteiger partial charge in [-0.1, -0.05) is 48.2 Å². The molecule has 0 spiro atoms. The van der Waals surface area contributed by atoms with Gasteiger partial charge in [0.05, 0.1) is 21.2 Å². The average molecular weight is 407 g/mol. The molecule has 2 heterocycles. The molecular formula is C20H13N3O3S2. The molecule has 0 aliphatic carbocycles. The minimum absolute atomic E-state index is 0.00699. The fraction of sp³-hybridized carbons (Fsp3) is 0. The normalized spacial score (nSPS) is 15.4. The zero-order chi connectivity index (χ0) is 19.7. The number of amides is 1. The highest BCUT2D eigenvalue weighted by Gasteiger charge is 2.33. The Morgan fingerprint density at radius 1 is 1.00 bits per heavy atom. The molecule has 8 heteroatoms. The first-order chi connectivity index (χ1) is 13.5. The summed E-state index contributed by atoms with van der Waals surface area (Å²) in [4.78, 5) is 25.5. The summed E-state index contributed by atoms with van der Waals surface area (Å²) in [6, 6.07) is 19.3. The van der Waals surface area contributed by atoms with E-state index in [-0.39, 0.29) is 11.6 Å². The molecule has 6 nitrogen and oxygen atoms in total. The average Bonchev–Trinajstić information content (AvgIpc) is 3.27. The van der Waals surface area contributed by atoms with Gasteiger partial charge in [-0.2, -0.15) is 0 Å². The lowest BCUT2D eigenvalue weighted by Gasteiger charge is -2.13. The maximum absolute atomic E-state index is 12.9. The van der Waals surface area contributed by atoms with Crippen LogP contribution in [0.2, 0.25) is 0 Å². The van der Waals surface area contributed by atoms with Gasteiger partial charge in [0.25, 0.3) is 11.6 Å². The number of rotatable bonds is 4. The number of thioether (sulfide) groups is 1. The molecule has 0 radical (unpaired) electrons. The van der Waals surface area contributed by atoms with E-state index in [9.17, 15) is 14.9 Å². The number of nitro benzene ring substituents is 1. The van der Waals surface area contributed by atoms with E-state index >= 15 is 0 Å². The van der Waals surface area contributed by atoms with Crippen LogP contribution >= 0.6 is 24.0 Å². The molecule has 1 fully saturated rings. The number of non-ortho nitro benzene ring substituents is 1. The van der Waals surface area contributed by atoms with Gasteiger partial charge < -0.3 is 4.57 Å². The second-order valence-corrected chi connectivity index (χ2v) is 7.61. The van der Waals surface area contributed by atoms with Crippen molar-refractivity contribution in [2.45, 2.75) is 0 Å². The van der Waals surface area contributed by atoms with Gasteiger partial charge in [-0.15, -0.1) is 0 Å². The second kappa shape index (κ2) is 7.41. The lowest BCUT2D eigenvalue weighted by Crippen LogP contribution is -2.27. The number of hydrogen-bond donors (Lipinski definition) is 0. The van der Waals surface area contributed by atoms with Gasteiger partial charge in [0.1, 0.15) is 0 Å². The van der Waals surface area contributed by atoms with Crippen LogP contribution in [0.1, 0.15) is 5.69 Å². The third kappa shape index (κ3) is 3.35. The van der Waals surface area contributed by atoms with Gasteiger partial charge in [0, 0.05) is 24.0 Å². The Kier molecular flexibility index (Phi) is 4.81. The summed E-state index contributed by atoms with van der Waals surface area (Å²) >= 11 is 6.62. The molecule has 1 aliphatic heterocycles. The van der Waals surface area contributed by atoms with Gasteiger partial charge in [-0.25, -0.2) is 0 Å². The van der Waals surface area contributed by atoms with Crippen molar-refractivity contribution in [1.82, 2.24) is 4.57 Å². The second-order valence-electron chi connectivity index (χ2n) is 5.93. The number of carbonyl (C=O) groups excluding carboxylic acids is 1. The van der Waals surface area contributed by atoms with Gasteiger partial charge in [0.2, 0.25) is 0 Å². The van der Waals surface area contributed by atoms with E-state index < -0.39 is 4.92 Å². The first-order valence-corrected chi connectivity index (χ1v) is 9.52. The number of carbonyl (C=O) groups is 1. The van der Waals surface area contributed by atoms with Crippen LogP contribution in [-0.2, 0) is 4.79 Å². The van der Waals surface area contributed by atoms with Crippen molar-refractivity contribution in [1.29, 1.82) is 0 Å². The predicted octanol–water partition coefficient (Wildman–Crippen LogP) is 4.79. The Morgan fingerprint density at radius 2 is 1.75 bits per heavy atom. The topological polar surface area (TPSA) is 68.4 Å². The standard InChI is InChI=1S/C20H13N3O3S2/c24-19-18(28-20(27)22(19)14-6-2-1-3-7-14)13-16-10-5-11-21(16)15-8-4-9-17(12-15)23(25)26/h1-13H/b18-13-. The number of nitro groups is 1. The van der Waals surface area contributed by atoms with Crippen molar-refractivity contribution in [3.8, 4) is 5.69 Å². The van der Waals surface area contributed by atoms with Crippen LogP contribution in [0.15, 0.2) is 77.8 Å². The van der Waals surface area contributed by atoms with Crippen molar-refractivity contribution in [2.24, 2.45) is 0 Å². The third-order valence-electron chi connectivity index (χ3n) is 4.19. The Hall–Kier alpha value is -3.23. The van der Waals surface area contributed by atoms with Crippen molar-refractivity contribution in [2.75, 3.05) is 4.90 Å². The lowest BCUT2D eigenvalue weighted by atomic mass is 10.2. The van der Waals surface area contributed by atoms with Crippen LogP contribution in [0.3, 0.4) is 0 Å². The molecule has 4 rings (SSSR count). The molecule has 0 unspecified atom stereocenters. The Balaban J connectivity index is 1.69. The summed E-state index contributed by atoms with van der Waals surface area (Å²) in [7, 11) is 0. The van der Waals surface area contributed by atoms with E-state index in [0.29, 0.717) is 14.9 Å². The first kappa shape index (κ1) is 18.1. The molecule has 28 heavy (non-hydrogen) atoms. The highest BCUT2D eigenvalue weighted by molar-refractivity contribution is 8.27. The van der Waals surface area contributed by atoms with Crippen LogP contribution in [0.4, 0.5) is 11.4 Å². The summed E-state index contributed by atoms with van der Waals surface area (Å²) in [5, 5.41) is 11.1. The van der Waals surface area contributed by atoms with E-state index in [1.807, 2.05) is 42.5 Å². The van der Waals surface area contributed by atoms with Crippen molar-refractivity contribution in [3.05, 3.63) is 93.6 Å². The van der Waals surface area contributed by atoms with Crippen molar-refractivity contribution < 1.29 is 9.72 Å². The van der Waals surface area contributed by atoms with Crippen LogP contribution in [0.25, 0.3) is 11.8 Å². The molecule has 1 aromatic heterocycles. The molecular weight excluding hydrogens is 394 g/mol. The summed E-state index contributed by atoms with van der Waals surface area (Å²) in [6.07, 6.45) is 3.55. The molecule has 138 valence electrons. The fourth-order valence-corrected chi connectivity index (χ4v) is 4.19. The van der Waals surface area contributed by atoms with E-state index in [1.54, 1.807) is 29.0 Å². The van der Waals surface area contributed by atoms with E-state index in [1.165, 1.54) is 28.8 Å². The molecule has 0 saturated carbocycles. The molecule has 0 bridgehead atoms. The molecule has 3 aromatic rings. The predicted molar refractivity (Wildman–Crippen MR) is 115 cm³/mol. The summed E-state index contributed by atoms with van der Waals surface area (Å²) in [5.41, 5.74) is 2.10. The van der Waals surface area contributed by atoms with E-state index in [0.717, 1.165) is 11.4 Å². The van der Waals surface area contributed by atoms with E-state index in [4.69, 9.17) is 12.2 Å². The zero-order valence-electron chi connectivity index (χ0n) is 14.4. The van der Waals surface area contributed by atoms with Gasteiger partial charge in [0.15, 0.2) is 4.32 Å². The number of para-hydroxylation sites is 1. The zero-order valence-corrected chi connectivity index (χ0v) is 16.0. The minimum atomic E-state index is -0.433. The smallest absolute Gasteiger partial charge is 0.271 e. The van der Waals surface area contributed by atoms with Crippen molar-refractivity contribution in [3.63, 3.8) is 0 Å². The van der Waals surface area contributed by atoms with Gasteiger partial charge in [-0.3, -0.25) is 19.8 Å². The molecule has 0 atom stereocenters. The Morgan fingerprint density at radius 3 is 2.50 bits per heavy atom. The fourth-order valence-electron chi connectivity index (χ4n) is 2.90. The SMILES string of the molecule is O=C1/C(=C/c2cccn2-c2cccc([N+](=O)[O-])c2)SC(=S)N1c1ccccc1. The highest BCUT2D eigenvalue weighted by Crippen LogP contribution is 2.36. The lowest BCUT2D eigenvalue weighted by molar-refractivity contribution is -0.384. The quantitative estimate of drug-likeness (QED) is 0.269. The van der Waals surface area contributed by atoms with Gasteiger partial charge >= 0.3 is 0 Å². The van der Waals surface area contributed by atoms with Crippen LogP contribution in [0, 0.1) is 10.1 Å². The largest absolute Gasteiger partial charge is 0.317 e. The maximum Gasteiger partial charge on any atom is 0.271 e. The highest BCUT2D eigenvalue weighted by atomic mass is 32.2. The number of nitrogens with zero attached hydrogens (tertiary/aromatic N) is 3. The van der Waals surface area contributed by atoms with Gasteiger partial charge in [-0.05, 0) is 36.4 Å². The Bertz CT molecular complexity index is 1120. The maximum atomic E-state index is 12.9. The Labute approximate surface area is 170 Å². The molecule has 1 amide bonds. The summed E-state index contributed by atoms with van der Waals surface area (Å²) in [6.45, 7) is 0. The number of thiocarbonyl (C=S) groups is 1. The summed E-state index contributed by atoms with van der Waals surface area (Å²) < 4.78 is 2.26. The minimum Gasteiger partial charge on any atom is -0.317 e. The third-order valence-corrected chi connectivity index (χ3v) is 5.49. The molecule has 1 aliphatic rings. The van der Waals surface area contributed by atoms with E-state index in [2.05, 4.69) is 0 Å². The van der Waals surface area contributed by atoms with Crippen LogP contribution < -0.4 is 4.90 Å². The molecule has 0 N–H and O–H groups in total. The molecule has 1 saturated heterocycles. The number of aromatic nitrogens is 1. The van der Waals surface area contributed by atoms with Crippen LogP contribution in [0.5, 0.6) is 0 Å². The molecule has 2 aromatic carbocycles. The van der Waals surface area contributed by atoms with Crippen LogP contribution in [-0.4, -0.2) is 19.7 Å². The monoisotopic (exact) mass is 407 g/mol.